The molecule has 0 spiro atoms. The van der Waals surface area contributed by atoms with E-state index in [0.29, 0.717) is 31.2 Å². The maximum atomic E-state index is 12.5. The average molecular weight is 427 g/mol. The summed E-state index contributed by atoms with van der Waals surface area (Å²) in [6.07, 6.45) is 0. The van der Waals surface area contributed by atoms with Crippen LogP contribution in [0, 0.1) is 0 Å². The van der Waals surface area contributed by atoms with Crippen molar-refractivity contribution in [1.29, 1.82) is 0 Å². The Morgan fingerprint density at radius 1 is 1.10 bits per heavy atom. The van der Waals surface area contributed by atoms with Gasteiger partial charge in [0.05, 0.1) is 36.7 Å². The molecule has 0 bridgehead atoms. The molecule has 0 unspecified atom stereocenters. The second-order valence-corrected chi connectivity index (χ2v) is 8.24. The van der Waals surface area contributed by atoms with Gasteiger partial charge in [-0.25, -0.2) is 4.98 Å². The third kappa shape index (κ3) is 4.77. The molecule has 0 saturated carbocycles. The molecule has 8 heteroatoms. The highest BCUT2D eigenvalue weighted by Crippen LogP contribution is 2.22. The number of nitrogens with one attached hydrogen (secondary N) is 1. The number of para-hydroxylation sites is 2. The Morgan fingerprint density at radius 2 is 1.83 bits per heavy atom. The van der Waals surface area contributed by atoms with Crippen molar-refractivity contribution in [2.24, 2.45) is 0 Å². The molecule has 1 amide bonds. The van der Waals surface area contributed by atoms with E-state index in [0.717, 1.165) is 34.3 Å². The third-order valence-electron chi connectivity index (χ3n) is 4.76. The molecule has 2 aromatic carbocycles. The van der Waals surface area contributed by atoms with Crippen LogP contribution >= 0.6 is 24.0 Å². The van der Waals surface area contributed by atoms with Gasteiger partial charge < -0.3 is 19.5 Å². The first-order chi connectivity index (χ1) is 14.2. The van der Waals surface area contributed by atoms with Gasteiger partial charge in [-0.3, -0.25) is 4.79 Å². The van der Waals surface area contributed by atoms with Gasteiger partial charge in [-0.2, -0.15) is 0 Å². The summed E-state index contributed by atoms with van der Waals surface area (Å²) in [5.41, 5.74) is 2.55. The molecular weight excluding hydrogens is 404 g/mol. The summed E-state index contributed by atoms with van der Waals surface area (Å²) < 4.78 is 8.30. The zero-order chi connectivity index (χ0) is 20.1. The number of amides is 1. The summed E-state index contributed by atoms with van der Waals surface area (Å²) in [5.74, 6) is 1.43. The predicted octanol–water partition coefficient (Wildman–Crippen LogP) is 3.27. The van der Waals surface area contributed by atoms with Crippen LogP contribution in [0.1, 0.15) is 16.2 Å². The molecule has 6 nitrogen and oxygen atoms in total. The Hall–Kier alpha value is -2.42. The van der Waals surface area contributed by atoms with Gasteiger partial charge in [0.2, 0.25) is 0 Å². The van der Waals surface area contributed by atoms with E-state index in [1.807, 2.05) is 47.0 Å². The van der Waals surface area contributed by atoms with Crippen molar-refractivity contribution in [2.75, 3.05) is 26.3 Å². The molecule has 1 saturated heterocycles. The largest absolute Gasteiger partial charge is 0.378 e. The summed E-state index contributed by atoms with van der Waals surface area (Å²) in [6, 6.07) is 17.2. The fourth-order valence-electron chi connectivity index (χ4n) is 3.22. The van der Waals surface area contributed by atoms with Gasteiger partial charge in [-0.05, 0) is 24.3 Å². The van der Waals surface area contributed by atoms with Crippen molar-refractivity contribution in [3.8, 4) is 0 Å². The van der Waals surface area contributed by atoms with Crippen LogP contribution < -0.4 is 5.32 Å². The number of morpholine rings is 1. The van der Waals surface area contributed by atoms with Gasteiger partial charge >= 0.3 is 0 Å². The molecule has 29 heavy (non-hydrogen) atoms. The van der Waals surface area contributed by atoms with E-state index in [9.17, 15) is 4.79 Å². The minimum absolute atomic E-state index is 0.106. The Balaban J connectivity index is 1.48. The van der Waals surface area contributed by atoms with E-state index < -0.39 is 0 Å². The predicted molar refractivity (Wildman–Crippen MR) is 120 cm³/mol. The van der Waals surface area contributed by atoms with Gasteiger partial charge in [0.1, 0.15) is 10.1 Å². The number of benzene rings is 2. The van der Waals surface area contributed by atoms with Gasteiger partial charge in [-0.15, -0.1) is 0 Å². The lowest BCUT2D eigenvalue weighted by Crippen LogP contribution is -2.38. The van der Waals surface area contributed by atoms with Crippen LogP contribution in [0.15, 0.2) is 54.6 Å². The quantitative estimate of drug-likeness (QED) is 0.632. The highest BCUT2D eigenvalue weighted by Gasteiger charge is 2.17. The molecule has 150 valence electrons. The number of nitrogens with zero attached hydrogens (tertiary/aromatic N) is 3. The fraction of sp³-hybridized carbons (Fsp3) is 0.286. The van der Waals surface area contributed by atoms with Gasteiger partial charge in [0.15, 0.2) is 0 Å². The number of hydrogen-bond acceptors (Lipinski definition) is 5. The standard InChI is InChI=1S/C21H22N4O2S2/c26-20(16-6-2-1-3-7-16)22-15-25-18-9-5-4-8-17(18)23-19(25)14-29-21(28)24-10-12-27-13-11-24/h1-9H,10-15H2,(H,22,26). The third-order valence-corrected chi connectivity index (χ3v) is 6.28. The second kappa shape index (κ2) is 9.39. The van der Waals surface area contributed by atoms with Crippen molar-refractivity contribution >= 4 is 45.2 Å². The minimum Gasteiger partial charge on any atom is -0.378 e. The molecule has 1 aromatic heterocycles. The Bertz CT molecular complexity index is 1000. The van der Waals surface area contributed by atoms with Crippen molar-refractivity contribution < 1.29 is 9.53 Å². The van der Waals surface area contributed by atoms with Gasteiger partial charge in [0.25, 0.3) is 5.91 Å². The number of thiocarbonyl (C=S) groups is 1. The smallest absolute Gasteiger partial charge is 0.252 e. The van der Waals surface area contributed by atoms with E-state index in [2.05, 4.69) is 10.2 Å². The van der Waals surface area contributed by atoms with Crippen LogP contribution in [0.2, 0.25) is 0 Å². The number of hydrogen-bond donors (Lipinski definition) is 1. The molecule has 1 aliphatic rings. The summed E-state index contributed by atoms with van der Waals surface area (Å²) in [4.78, 5) is 19.4. The number of rotatable bonds is 5. The topological polar surface area (TPSA) is 59.4 Å². The van der Waals surface area contributed by atoms with Crippen LogP contribution in [0.5, 0.6) is 0 Å². The van der Waals surface area contributed by atoms with Crippen molar-refractivity contribution in [3.63, 3.8) is 0 Å². The number of imidazole rings is 1. The molecule has 0 aliphatic carbocycles. The lowest BCUT2D eigenvalue weighted by atomic mass is 10.2. The molecule has 1 fully saturated rings. The zero-order valence-electron chi connectivity index (χ0n) is 15.9. The molecular formula is C21H22N4O2S2. The lowest BCUT2D eigenvalue weighted by Gasteiger charge is -2.28. The normalized spacial score (nSPS) is 14.1. The van der Waals surface area contributed by atoms with E-state index in [4.69, 9.17) is 21.9 Å². The molecule has 3 aromatic rings. The summed E-state index contributed by atoms with van der Waals surface area (Å²) in [6.45, 7) is 3.44. The van der Waals surface area contributed by atoms with Crippen LogP contribution in [-0.2, 0) is 17.2 Å². The Kier molecular flexibility index (Phi) is 6.43. The Morgan fingerprint density at radius 3 is 2.62 bits per heavy atom. The first kappa shape index (κ1) is 19.9. The number of thioether (sulfide) groups is 1. The average Bonchev–Trinajstić information content (AvgIpc) is 3.14. The van der Waals surface area contributed by atoms with E-state index in [-0.39, 0.29) is 5.91 Å². The zero-order valence-corrected chi connectivity index (χ0v) is 17.5. The summed E-state index contributed by atoms with van der Waals surface area (Å²) in [5, 5.41) is 3.00. The summed E-state index contributed by atoms with van der Waals surface area (Å²) in [7, 11) is 0. The number of fused-ring (bicyclic) bond motifs is 1. The summed E-state index contributed by atoms with van der Waals surface area (Å²) >= 11 is 7.20. The maximum Gasteiger partial charge on any atom is 0.252 e. The Labute approximate surface area is 179 Å². The maximum absolute atomic E-state index is 12.5. The van der Waals surface area contributed by atoms with E-state index in [1.54, 1.807) is 23.9 Å². The van der Waals surface area contributed by atoms with Crippen LogP contribution in [0.4, 0.5) is 0 Å². The van der Waals surface area contributed by atoms with Crippen LogP contribution in [0.3, 0.4) is 0 Å². The molecule has 4 rings (SSSR count). The number of aromatic nitrogens is 2. The number of carbonyl (C=O) groups excluding carboxylic acids is 1. The second-order valence-electron chi connectivity index (χ2n) is 6.63. The number of ether oxygens (including phenoxy) is 1. The van der Waals surface area contributed by atoms with Gasteiger partial charge in [0, 0.05) is 18.7 Å². The monoisotopic (exact) mass is 426 g/mol. The van der Waals surface area contributed by atoms with Gasteiger partial charge in [-0.1, -0.05) is 54.3 Å². The van der Waals surface area contributed by atoms with Crippen LogP contribution in [0.25, 0.3) is 11.0 Å². The molecule has 1 aliphatic heterocycles. The number of carbonyl (C=O) groups is 1. The first-order valence-electron chi connectivity index (χ1n) is 9.49. The van der Waals surface area contributed by atoms with Crippen molar-refractivity contribution in [2.45, 2.75) is 12.4 Å². The highest BCUT2D eigenvalue weighted by molar-refractivity contribution is 8.22. The molecule has 2 heterocycles. The molecule has 0 atom stereocenters. The van der Waals surface area contributed by atoms with Crippen LogP contribution in [-0.4, -0.2) is 51.0 Å². The first-order valence-corrected chi connectivity index (χ1v) is 10.9. The highest BCUT2D eigenvalue weighted by atomic mass is 32.2. The molecule has 0 radical (unpaired) electrons. The van der Waals surface area contributed by atoms with E-state index >= 15 is 0 Å². The SMILES string of the molecule is O=C(NCn1c(CSC(=S)N2CCOCC2)nc2ccccc21)c1ccccc1. The fourth-order valence-corrected chi connectivity index (χ4v) is 4.42. The minimum atomic E-state index is -0.106. The van der Waals surface area contributed by atoms with Crippen molar-refractivity contribution in [3.05, 3.63) is 66.0 Å². The van der Waals surface area contributed by atoms with Crippen molar-refractivity contribution in [1.82, 2.24) is 19.8 Å². The lowest BCUT2D eigenvalue weighted by molar-refractivity contribution is 0.0702. The molecule has 1 N–H and O–H groups in total. The van der Waals surface area contributed by atoms with E-state index in [1.165, 1.54) is 0 Å².